The number of anilines is 1. The van der Waals surface area contributed by atoms with E-state index >= 15 is 0 Å². The molecule has 104 valence electrons. The lowest BCUT2D eigenvalue weighted by Gasteiger charge is -2.12. The van der Waals surface area contributed by atoms with Crippen molar-refractivity contribution in [2.75, 3.05) is 12.4 Å². The minimum atomic E-state index is -0.265. The number of nitrogens with one attached hydrogen (secondary N) is 1. The first kappa shape index (κ1) is 13.9. The Hall–Kier alpha value is -2.49. The van der Waals surface area contributed by atoms with Crippen molar-refractivity contribution < 1.29 is 14.6 Å². The highest BCUT2D eigenvalue weighted by Crippen LogP contribution is 2.26. The van der Waals surface area contributed by atoms with E-state index in [4.69, 9.17) is 4.74 Å². The number of amides is 1. The van der Waals surface area contributed by atoms with Gasteiger partial charge in [-0.15, -0.1) is 0 Å². The summed E-state index contributed by atoms with van der Waals surface area (Å²) in [5.74, 6) is 0.407. The number of ether oxygens (including phenoxy) is 1. The van der Waals surface area contributed by atoms with Crippen molar-refractivity contribution in [3.63, 3.8) is 0 Å². The highest BCUT2D eigenvalue weighted by Gasteiger charge is 2.14. The minimum absolute atomic E-state index is 0.152. The first-order chi connectivity index (χ1) is 9.52. The number of phenolic OH excluding ortho intramolecular Hbond substituents is 1. The van der Waals surface area contributed by atoms with Crippen LogP contribution in [0.1, 0.15) is 21.5 Å². The normalized spacial score (nSPS) is 10.2. The highest BCUT2D eigenvalue weighted by molar-refractivity contribution is 6.06. The molecule has 0 aliphatic rings. The van der Waals surface area contributed by atoms with Crippen LogP contribution in [-0.4, -0.2) is 18.1 Å². The molecule has 0 unspecified atom stereocenters. The molecule has 4 heteroatoms. The minimum Gasteiger partial charge on any atom is -0.508 e. The molecule has 2 rings (SSSR count). The van der Waals surface area contributed by atoms with E-state index < -0.39 is 0 Å². The maximum Gasteiger partial charge on any atom is 0.259 e. The summed E-state index contributed by atoms with van der Waals surface area (Å²) < 4.78 is 5.20. The number of rotatable bonds is 3. The molecule has 0 fully saturated rings. The third kappa shape index (κ3) is 2.74. The summed E-state index contributed by atoms with van der Waals surface area (Å²) in [6.45, 7) is 3.66. The summed E-state index contributed by atoms with van der Waals surface area (Å²) in [6, 6.07) is 10.4. The number of aryl methyl sites for hydroxylation is 1. The third-order valence-electron chi connectivity index (χ3n) is 3.15. The van der Waals surface area contributed by atoms with Crippen LogP contribution in [0.3, 0.4) is 0 Å². The van der Waals surface area contributed by atoms with E-state index in [1.807, 2.05) is 13.0 Å². The Balaban J connectivity index is 2.33. The van der Waals surface area contributed by atoms with Crippen LogP contribution in [0.25, 0.3) is 0 Å². The predicted molar refractivity (Wildman–Crippen MR) is 78.5 cm³/mol. The van der Waals surface area contributed by atoms with Gasteiger partial charge in [0.25, 0.3) is 5.91 Å². The number of carbonyl (C=O) groups is 1. The summed E-state index contributed by atoms with van der Waals surface area (Å²) in [5.41, 5.74) is 2.66. The summed E-state index contributed by atoms with van der Waals surface area (Å²) in [5, 5.41) is 12.4. The Kier molecular flexibility index (Phi) is 3.94. The predicted octanol–water partition coefficient (Wildman–Crippen LogP) is 3.27. The maximum absolute atomic E-state index is 12.3. The quantitative estimate of drug-likeness (QED) is 0.900. The van der Waals surface area contributed by atoms with Gasteiger partial charge < -0.3 is 15.2 Å². The average molecular weight is 271 g/mol. The Bertz CT molecular complexity index is 650. The van der Waals surface area contributed by atoms with Crippen LogP contribution >= 0.6 is 0 Å². The zero-order valence-electron chi connectivity index (χ0n) is 11.7. The van der Waals surface area contributed by atoms with Gasteiger partial charge in [-0.3, -0.25) is 4.79 Å². The van der Waals surface area contributed by atoms with Crippen molar-refractivity contribution >= 4 is 11.6 Å². The van der Waals surface area contributed by atoms with Crippen LogP contribution in [0.4, 0.5) is 5.69 Å². The number of hydrogen-bond acceptors (Lipinski definition) is 3. The number of hydrogen-bond donors (Lipinski definition) is 2. The fourth-order valence-electron chi connectivity index (χ4n) is 1.95. The van der Waals surface area contributed by atoms with Gasteiger partial charge in [-0.2, -0.15) is 0 Å². The molecule has 2 aromatic rings. The van der Waals surface area contributed by atoms with Gasteiger partial charge in [0.15, 0.2) is 0 Å². The smallest absolute Gasteiger partial charge is 0.259 e. The molecule has 0 bridgehead atoms. The van der Waals surface area contributed by atoms with E-state index in [0.29, 0.717) is 22.6 Å². The Morgan fingerprint density at radius 1 is 1.20 bits per heavy atom. The van der Waals surface area contributed by atoms with Crippen LogP contribution in [0.2, 0.25) is 0 Å². The highest BCUT2D eigenvalue weighted by atomic mass is 16.5. The zero-order valence-corrected chi connectivity index (χ0v) is 11.7. The van der Waals surface area contributed by atoms with Crippen molar-refractivity contribution in [3.05, 3.63) is 53.1 Å². The van der Waals surface area contributed by atoms with Gasteiger partial charge in [0.05, 0.1) is 12.7 Å². The van der Waals surface area contributed by atoms with E-state index in [9.17, 15) is 9.90 Å². The second kappa shape index (κ2) is 5.65. The monoisotopic (exact) mass is 271 g/mol. The summed E-state index contributed by atoms with van der Waals surface area (Å²) in [6.07, 6.45) is 0. The lowest BCUT2D eigenvalue weighted by molar-refractivity contribution is 0.102. The first-order valence-electron chi connectivity index (χ1n) is 6.27. The molecular formula is C16H17NO3. The van der Waals surface area contributed by atoms with E-state index in [-0.39, 0.29) is 11.7 Å². The van der Waals surface area contributed by atoms with E-state index in [0.717, 1.165) is 5.56 Å². The topological polar surface area (TPSA) is 58.6 Å². The van der Waals surface area contributed by atoms with Crippen LogP contribution in [-0.2, 0) is 0 Å². The fourth-order valence-corrected chi connectivity index (χ4v) is 1.95. The number of benzene rings is 2. The molecular weight excluding hydrogens is 254 g/mol. The molecule has 4 nitrogen and oxygen atoms in total. The van der Waals surface area contributed by atoms with Gasteiger partial charge >= 0.3 is 0 Å². The molecule has 0 spiro atoms. The Labute approximate surface area is 118 Å². The summed E-state index contributed by atoms with van der Waals surface area (Å²) >= 11 is 0. The molecule has 2 N–H and O–H groups in total. The molecule has 0 aliphatic carbocycles. The van der Waals surface area contributed by atoms with E-state index in [1.165, 1.54) is 7.11 Å². The lowest BCUT2D eigenvalue weighted by atomic mass is 10.1. The number of carbonyl (C=O) groups excluding carboxylic acids is 1. The zero-order chi connectivity index (χ0) is 14.7. The Morgan fingerprint density at radius 2 is 1.95 bits per heavy atom. The van der Waals surface area contributed by atoms with Gasteiger partial charge in [-0.25, -0.2) is 0 Å². The fraction of sp³-hybridized carbons (Fsp3) is 0.188. The van der Waals surface area contributed by atoms with Crippen LogP contribution in [0, 0.1) is 13.8 Å². The van der Waals surface area contributed by atoms with Gasteiger partial charge in [-0.1, -0.05) is 17.7 Å². The molecule has 1 amide bonds. The van der Waals surface area contributed by atoms with Crippen LogP contribution in [0.15, 0.2) is 36.4 Å². The SMILES string of the molecule is COc1ccc(C)cc1C(=O)Nc1cccc(O)c1C. The molecule has 0 radical (unpaired) electrons. The van der Waals surface area contributed by atoms with Crippen LogP contribution < -0.4 is 10.1 Å². The summed E-state index contributed by atoms with van der Waals surface area (Å²) in [7, 11) is 1.53. The standard InChI is InChI=1S/C16H17NO3/c1-10-7-8-15(20-3)12(9-10)16(19)17-13-5-4-6-14(18)11(13)2/h4-9,18H,1-3H3,(H,17,19). The Morgan fingerprint density at radius 3 is 2.65 bits per heavy atom. The second-order valence-corrected chi connectivity index (χ2v) is 4.61. The summed E-state index contributed by atoms with van der Waals surface area (Å²) in [4.78, 5) is 12.3. The van der Waals surface area contributed by atoms with Gasteiger partial charge in [-0.05, 0) is 38.1 Å². The van der Waals surface area contributed by atoms with Crippen molar-refractivity contribution in [1.82, 2.24) is 0 Å². The molecule has 0 saturated carbocycles. The largest absolute Gasteiger partial charge is 0.508 e. The molecule has 0 aromatic heterocycles. The van der Waals surface area contributed by atoms with Crippen LogP contribution in [0.5, 0.6) is 11.5 Å². The van der Waals surface area contributed by atoms with Crippen molar-refractivity contribution in [1.29, 1.82) is 0 Å². The van der Waals surface area contributed by atoms with E-state index in [2.05, 4.69) is 5.32 Å². The molecule has 0 atom stereocenters. The van der Waals surface area contributed by atoms with Gasteiger partial charge in [0.1, 0.15) is 11.5 Å². The first-order valence-corrected chi connectivity index (χ1v) is 6.27. The molecule has 0 saturated heterocycles. The lowest BCUT2D eigenvalue weighted by Crippen LogP contribution is -2.14. The van der Waals surface area contributed by atoms with Crippen molar-refractivity contribution in [2.45, 2.75) is 13.8 Å². The number of aromatic hydroxyl groups is 1. The van der Waals surface area contributed by atoms with Gasteiger partial charge in [0.2, 0.25) is 0 Å². The number of phenols is 1. The number of methoxy groups -OCH3 is 1. The van der Waals surface area contributed by atoms with Gasteiger partial charge in [0, 0.05) is 11.3 Å². The maximum atomic E-state index is 12.3. The second-order valence-electron chi connectivity index (χ2n) is 4.61. The van der Waals surface area contributed by atoms with Crippen molar-refractivity contribution in [2.24, 2.45) is 0 Å². The van der Waals surface area contributed by atoms with E-state index in [1.54, 1.807) is 37.3 Å². The van der Waals surface area contributed by atoms with Crippen molar-refractivity contribution in [3.8, 4) is 11.5 Å². The molecule has 2 aromatic carbocycles. The third-order valence-corrected chi connectivity index (χ3v) is 3.15. The molecule has 0 aliphatic heterocycles. The molecule has 20 heavy (non-hydrogen) atoms. The average Bonchev–Trinajstić information content (AvgIpc) is 2.43. The molecule has 0 heterocycles.